The second-order valence-electron chi connectivity index (χ2n) is 7.35. The average molecular weight is 430 g/mol. The molecule has 0 aliphatic rings. The predicted octanol–water partition coefficient (Wildman–Crippen LogP) is 4.92. The van der Waals surface area contributed by atoms with Gasteiger partial charge in [-0.25, -0.2) is 4.39 Å². The van der Waals surface area contributed by atoms with Gasteiger partial charge in [-0.05, 0) is 48.4 Å². The molecule has 0 saturated heterocycles. The maximum atomic E-state index is 13.3. The summed E-state index contributed by atoms with van der Waals surface area (Å²) in [7, 11) is 1.85. The highest BCUT2D eigenvalue weighted by molar-refractivity contribution is 5.68. The van der Waals surface area contributed by atoms with Gasteiger partial charge >= 0.3 is 0 Å². The average Bonchev–Trinajstić information content (AvgIpc) is 3.22. The number of aromatic hydroxyl groups is 1. The number of halogens is 1. The molecule has 0 fully saturated rings. The predicted molar refractivity (Wildman–Crippen MR) is 122 cm³/mol. The van der Waals surface area contributed by atoms with Crippen molar-refractivity contribution in [1.29, 1.82) is 0 Å². The first kappa shape index (κ1) is 21.1. The number of aryl methyl sites for hydroxylation is 1. The second-order valence-corrected chi connectivity index (χ2v) is 7.35. The number of pyridine rings is 1. The monoisotopic (exact) mass is 430 g/mol. The van der Waals surface area contributed by atoms with E-state index in [-0.39, 0.29) is 11.6 Å². The van der Waals surface area contributed by atoms with Crippen molar-refractivity contribution in [1.82, 2.24) is 20.1 Å². The zero-order valence-electron chi connectivity index (χ0n) is 17.6. The van der Waals surface area contributed by atoms with Gasteiger partial charge in [0.1, 0.15) is 23.1 Å². The molecule has 32 heavy (non-hydrogen) atoms. The van der Waals surface area contributed by atoms with Gasteiger partial charge in [0.2, 0.25) is 0 Å². The van der Waals surface area contributed by atoms with Gasteiger partial charge in [0.15, 0.2) is 0 Å². The van der Waals surface area contributed by atoms with Crippen molar-refractivity contribution in [2.24, 2.45) is 7.05 Å². The van der Waals surface area contributed by atoms with Gasteiger partial charge in [-0.15, -0.1) is 0 Å². The smallest absolute Gasteiger partial charge is 0.131 e. The van der Waals surface area contributed by atoms with Crippen molar-refractivity contribution in [3.8, 4) is 28.5 Å². The van der Waals surface area contributed by atoms with Crippen LogP contribution in [-0.2, 0) is 13.5 Å². The Labute approximate surface area is 185 Å². The Morgan fingerprint density at radius 2 is 2.00 bits per heavy atom. The molecule has 2 N–H and O–H groups in total. The molecule has 0 aliphatic heterocycles. The Morgan fingerprint density at radius 1 is 1.16 bits per heavy atom. The minimum absolute atomic E-state index is 0.0892. The molecule has 7 heteroatoms. The summed E-state index contributed by atoms with van der Waals surface area (Å²) in [6.07, 6.45) is 5.92. The SMILES string of the molecule is C=C(NCCc1cccc(F)c1)c1cc(Oc2ccnc(-c3cnn(C)c3)c2)ccc1O. The molecule has 0 amide bonds. The normalized spacial score (nSPS) is 10.7. The molecule has 0 unspecified atom stereocenters. The van der Waals surface area contributed by atoms with Crippen LogP contribution in [0.15, 0.2) is 79.8 Å². The first-order valence-electron chi connectivity index (χ1n) is 10.1. The summed E-state index contributed by atoms with van der Waals surface area (Å²) in [5.41, 5.74) is 3.60. The fourth-order valence-corrected chi connectivity index (χ4v) is 3.29. The van der Waals surface area contributed by atoms with Crippen molar-refractivity contribution >= 4 is 5.70 Å². The summed E-state index contributed by atoms with van der Waals surface area (Å²) in [4.78, 5) is 4.37. The van der Waals surface area contributed by atoms with Gasteiger partial charge < -0.3 is 15.2 Å². The highest BCUT2D eigenvalue weighted by Crippen LogP contribution is 2.31. The van der Waals surface area contributed by atoms with Gasteiger partial charge in [-0.2, -0.15) is 5.10 Å². The summed E-state index contributed by atoms with van der Waals surface area (Å²) >= 11 is 0. The summed E-state index contributed by atoms with van der Waals surface area (Å²) in [6.45, 7) is 4.57. The quantitative estimate of drug-likeness (QED) is 0.415. The van der Waals surface area contributed by atoms with E-state index in [0.717, 1.165) is 16.8 Å². The molecule has 6 nitrogen and oxygen atoms in total. The van der Waals surface area contributed by atoms with E-state index >= 15 is 0 Å². The van der Waals surface area contributed by atoms with Crippen LogP contribution < -0.4 is 10.1 Å². The molecule has 2 aromatic carbocycles. The molecular formula is C25H23FN4O2. The molecule has 2 aromatic heterocycles. The standard InChI is InChI=1S/C25H23FN4O2/c1-17(27-10-8-18-4-3-5-20(26)12-18)23-13-21(6-7-25(23)31)32-22-9-11-28-24(14-22)19-15-29-30(2)16-19/h3-7,9,11-16,27,31H,1,8,10H2,2H3. The third-order valence-electron chi connectivity index (χ3n) is 4.90. The first-order chi connectivity index (χ1) is 15.5. The largest absolute Gasteiger partial charge is 0.507 e. The van der Waals surface area contributed by atoms with Crippen LogP contribution in [0.5, 0.6) is 17.2 Å². The summed E-state index contributed by atoms with van der Waals surface area (Å²) in [6, 6.07) is 15.0. The number of rotatable bonds is 8. The molecule has 0 bridgehead atoms. The Hall–Kier alpha value is -4.13. The lowest BCUT2D eigenvalue weighted by atomic mass is 10.1. The number of hydrogen-bond donors (Lipinski definition) is 2. The number of nitrogens with one attached hydrogen (secondary N) is 1. The maximum absolute atomic E-state index is 13.3. The molecule has 162 valence electrons. The number of benzene rings is 2. The third-order valence-corrected chi connectivity index (χ3v) is 4.90. The van der Waals surface area contributed by atoms with Crippen LogP contribution in [0.3, 0.4) is 0 Å². The summed E-state index contributed by atoms with van der Waals surface area (Å²) in [5.74, 6) is 0.993. The molecular weight excluding hydrogens is 407 g/mol. The minimum Gasteiger partial charge on any atom is -0.507 e. The number of ether oxygens (including phenoxy) is 1. The van der Waals surface area contributed by atoms with Crippen LogP contribution in [0.2, 0.25) is 0 Å². The molecule has 0 atom stereocenters. The Balaban J connectivity index is 1.44. The topological polar surface area (TPSA) is 72.2 Å². The van der Waals surface area contributed by atoms with Gasteiger partial charge in [-0.1, -0.05) is 18.7 Å². The molecule has 2 heterocycles. The minimum atomic E-state index is -0.258. The number of hydrogen-bond acceptors (Lipinski definition) is 5. The second kappa shape index (κ2) is 9.34. The highest BCUT2D eigenvalue weighted by Gasteiger charge is 2.10. The molecule has 4 rings (SSSR count). The van der Waals surface area contributed by atoms with Crippen molar-refractivity contribution in [2.75, 3.05) is 6.54 Å². The van der Waals surface area contributed by atoms with Crippen LogP contribution in [-0.4, -0.2) is 26.4 Å². The summed E-state index contributed by atoms with van der Waals surface area (Å²) in [5, 5.41) is 17.6. The van der Waals surface area contributed by atoms with Crippen LogP contribution in [0, 0.1) is 5.82 Å². The molecule has 0 aliphatic carbocycles. The van der Waals surface area contributed by atoms with E-state index in [1.54, 1.807) is 47.4 Å². The Kier molecular flexibility index (Phi) is 6.17. The van der Waals surface area contributed by atoms with E-state index in [0.29, 0.717) is 35.7 Å². The molecule has 0 spiro atoms. The summed E-state index contributed by atoms with van der Waals surface area (Å²) < 4.78 is 21.0. The van der Waals surface area contributed by atoms with E-state index in [4.69, 9.17) is 4.74 Å². The third kappa shape index (κ3) is 5.13. The lowest BCUT2D eigenvalue weighted by molar-refractivity contribution is 0.462. The highest BCUT2D eigenvalue weighted by atomic mass is 19.1. The number of phenolic OH excluding ortho intramolecular Hbond substituents is 1. The van der Waals surface area contributed by atoms with E-state index in [1.165, 1.54) is 12.1 Å². The van der Waals surface area contributed by atoms with Crippen molar-refractivity contribution in [3.63, 3.8) is 0 Å². The zero-order chi connectivity index (χ0) is 22.5. The van der Waals surface area contributed by atoms with Gasteiger partial charge in [-0.3, -0.25) is 9.67 Å². The van der Waals surface area contributed by atoms with Gasteiger partial charge in [0.05, 0.1) is 11.9 Å². The Morgan fingerprint density at radius 3 is 2.78 bits per heavy atom. The van der Waals surface area contributed by atoms with Crippen LogP contribution in [0.4, 0.5) is 4.39 Å². The van der Waals surface area contributed by atoms with Crippen LogP contribution in [0.25, 0.3) is 17.0 Å². The lowest BCUT2D eigenvalue weighted by Gasteiger charge is -2.14. The molecule has 4 aromatic rings. The zero-order valence-corrected chi connectivity index (χ0v) is 17.6. The van der Waals surface area contributed by atoms with Crippen molar-refractivity contribution in [3.05, 3.63) is 96.7 Å². The lowest BCUT2D eigenvalue weighted by Crippen LogP contribution is -2.15. The van der Waals surface area contributed by atoms with Crippen molar-refractivity contribution in [2.45, 2.75) is 6.42 Å². The number of aromatic nitrogens is 3. The maximum Gasteiger partial charge on any atom is 0.131 e. The molecule has 0 saturated carbocycles. The fraction of sp³-hybridized carbons (Fsp3) is 0.120. The Bertz CT molecular complexity index is 1250. The van der Waals surface area contributed by atoms with Crippen LogP contribution in [0.1, 0.15) is 11.1 Å². The van der Waals surface area contributed by atoms with E-state index in [1.807, 2.05) is 25.4 Å². The van der Waals surface area contributed by atoms with E-state index in [2.05, 4.69) is 22.0 Å². The van der Waals surface area contributed by atoms with E-state index in [9.17, 15) is 9.50 Å². The number of phenols is 1. The fourth-order valence-electron chi connectivity index (χ4n) is 3.29. The first-order valence-corrected chi connectivity index (χ1v) is 10.1. The van der Waals surface area contributed by atoms with E-state index < -0.39 is 0 Å². The van der Waals surface area contributed by atoms with Gasteiger partial charge in [0.25, 0.3) is 0 Å². The van der Waals surface area contributed by atoms with Gasteiger partial charge in [0, 0.05) is 48.9 Å². The van der Waals surface area contributed by atoms with Crippen molar-refractivity contribution < 1.29 is 14.2 Å². The van der Waals surface area contributed by atoms with Crippen LogP contribution >= 0.6 is 0 Å². The number of nitrogens with zero attached hydrogens (tertiary/aromatic N) is 3. The molecule has 0 radical (unpaired) electrons.